The van der Waals surface area contributed by atoms with E-state index in [0.717, 1.165) is 0 Å². The number of rotatable bonds is 6. The standard InChI is InChI=1S/C20H20N2O6/c1-12(19(24)21-13-7-9-14(26-2)10-8-13)27-18(23)11-17-20(25)22-15-5-3-4-6-16(15)28-17/h3-10,12,17H,11H2,1-2H3,(H,21,24)(H,22,25)/t12-,17+/m0/s1. The molecule has 0 radical (unpaired) electrons. The van der Waals surface area contributed by atoms with Gasteiger partial charge in [-0.15, -0.1) is 0 Å². The maximum absolute atomic E-state index is 12.2. The van der Waals surface area contributed by atoms with Crippen LogP contribution >= 0.6 is 0 Å². The molecule has 1 aliphatic heterocycles. The lowest BCUT2D eigenvalue weighted by atomic mass is 10.1. The van der Waals surface area contributed by atoms with Crippen LogP contribution in [0.5, 0.6) is 11.5 Å². The number of esters is 1. The minimum Gasteiger partial charge on any atom is -0.497 e. The van der Waals surface area contributed by atoms with Gasteiger partial charge in [-0.05, 0) is 43.3 Å². The number of benzene rings is 2. The Morgan fingerprint density at radius 1 is 1.18 bits per heavy atom. The molecule has 0 aromatic heterocycles. The molecule has 2 atom stereocenters. The highest BCUT2D eigenvalue weighted by atomic mass is 16.6. The molecule has 0 spiro atoms. The predicted molar refractivity (Wildman–Crippen MR) is 101 cm³/mol. The van der Waals surface area contributed by atoms with Gasteiger partial charge in [0.05, 0.1) is 19.2 Å². The maximum Gasteiger partial charge on any atom is 0.310 e. The van der Waals surface area contributed by atoms with Crippen LogP contribution < -0.4 is 20.1 Å². The third-order valence-electron chi connectivity index (χ3n) is 4.09. The number of anilines is 2. The van der Waals surface area contributed by atoms with Gasteiger partial charge in [0.25, 0.3) is 11.8 Å². The summed E-state index contributed by atoms with van der Waals surface area (Å²) in [7, 11) is 1.55. The molecule has 0 unspecified atom stereocenters. The van der Waals surface area contributed by atoms with Crippen LogP contribution in [0.15, 0.2) is 48.5 Å². The molecule has 0 saturated carbocycles. The molecule has 0 aliphatic carbocycles. The molecule has 0 saturated heterocycles. The summed E-state index contributed by atoms with van der Waals surface area (Å²) >= 11 is 0. The summed E-state index contributed by atoms with van der Waals surface area (Å²) in [6.45, 7) is 1.45. The van der Waals surface area contributed by atoms with Crippen LogP contribution in [-0.4, -0.2) is 37.1 Å². The number of fused-ring (bicyclic) bond motifs is 1. The fourth-order valence-electron chi connectivity index (χ4n) is 2.60. The van der Waals surface area contributed by atoms with E-state index in [1.807, 2.05) is 0 Å². The van der Waals surface area contributed by atoms with Gasteiger partial charge in [-0.1, -0.05) is 12.1 Å². The summed E-state index contributed by atoms with van der Waals surface area (Å²) in [4.78, 5) is 36.4. The summed E-state index contributed by atoms with van der Waals surface area (Å²) in [5.41, 5.74) is 1.09. The lowest BCUT2D eigenvalue weighted by Gasteiger charge is -2.25. The van der Waals surface area contributed by atoms with Crippen LogP contribution in [0.3, 0.4) is 0 Å². The molecule has 0 fully saturated rings. The Hall–Kier alpha value is -3.55. The van der Waals surface area contributed by atoms with E-state index in [4.69, 9.17) is 14.2 Å². The molecule has 1 aliphatic rings. The van der Waals surface area contributed by atoms with Gasteiger partial charge in [-0.3, -0.25) is 14.4 Å². The Morgan fingerprint density at radius 2 is 1.89 bits per heavy atom. The number of amides is 2. The number of nitrogens with one attached hydrogen (secondary N) is 2. The first-order chi connectivity index (χ1) is 13.5. The zero-order valence-corrected chi connectivity index (χ0v) is 15.4. The fourth-order valence-corrected chi connectivity index (χ4v) is 2.60. The minimum absolute atomic E-state index is 0.305. The quantitative estimate of drug-likeness (QED) is 0.741. The molecule has 2 aromatic rings. The van der Waals surface area contributed by atoms with Crippen LogP contribution in [0.4, 0.5) is 11.4 Å². The number of hydrogen-bond acceptors (Lipinski definition) is 6. The predicted octanol–water partition coefficient (Wildman–Crippen LogP) is 2.36. The van der Waals surface area contributed by atoms with Gasteiger partial charge in [0.2, 0.25) is 0 Å². The van der Waals surface area contributed by atoms with Crippen molar-refractivity contribution in [2.45, 2.75) is 25.6 Å². The van der Waals surface area contributed by atoms with Crippen molar-refractivity contribution in [1.29, 1.82) is 0 Å². The zero-order chi connectivity index (χ0) is 20.1. The minimum atomic E-state index is -1.03. The van der Waals surface area contributed by atoms with Gasteiger partial charge in [0, 0.05) is 5.69 Å². The third kappa shape index (κ3) is 4.59. The smallest absolute Gasteiger partial charge is 0.310 e. The molecular formula is C20H20N2O6. The highest BCUT2D eigenvalue weighted by Gasteiger charge is 2.31. The molecule has 1 heterocycles. The molecule has 8 nitrogen and oxygen atoms in total. The summed E-state index contributed by atoms with van der Waals surface area (Å²) in [6.07, 6.45) is -2.35. The molecule has 2 amide bonds. The van der Waals surface area contributed by atoms with E-state index in [9.17, 15) is 14.4 Å². The summed E-state index contributed by atoms with van der Waals surface area (Å²) < 4.78 is 15.7. The van der Waals surface area contributed by atoms with Crippen molar-refractivity contribution in [2.24, 2.45) is 0 Å². The molecule has 3 rings (SSSR count). The Labute approximate surface area is 161 Å². The number of methoxy groups -OCH3 is 1. The van der Waals surface area contributed by atoms with Crippen LogP contribution in [-0.2, 0) is 19.1 Å². The van der Waals surface area contributed by atoms with Gasteiger partial charge in [-0.2, -0.15) is 0 Å². The summed E-state index contributed by atoms with van der Waals surface area (Å²) in [5, 5.41) is 5.31. The number of para-hydroxylation sites is 2. The fraction of sp³-hybridized carbons (Fsp3) is 0.250. The van der Waals surface area contributed by atoms with E-state index in [2.05, 4.69) is 10.6 Å². The number of hydrogen-bond donors (Lipinski definition) is 2. The monoisotopic (exact) mass is 384 g/mol. The first kappa shape index (κ1) is 19.2. The van der Waals surface area contributed by atoms with Crippen molar-refractivity contribution in [2.75, 3.05) is 17.7 Å². The van der Waals surface area contributed by atoms with Gasteiger partial charge < -0.3 is 24.8 Å². The first-order valence-electron chi connectivity index (χ1n) is 8.67. The van der Waals surface area contributed by atoms with E-state index < -0.39 is 30.0 Å². The van der Waals surface area contributed by atoms with Gasteiger partial charge >= 0.3 is 5.97 Å². The molecule has 8 heteroatoms. The molecular weight excluding hydrogens is 364 g/mol. The average molecular weight is 384 g/mol. The van der Waals surface area contributed by atoms with E-state index in [1.54, 1.807) is 55.6 Å². The molecule has 2 aromatic carbocycles. The van der Waals surface area contributed by atoms with Gasteiger partial charge in [-0.25, -0.2) is 0 Å². The SMILES string of the molecule is COc1ccc(NC(=O)[C@H](C)OC(=O)C[C@H]2Oc3ccccc3NC2=O)cc1. The molecule has 2 N–H and O–H groups in total. The lowest BCUT2D eigenvalue weighted by molar-refractivity contribution is -0.155. The number of carbonyl (C=O) groups is 3. The lowest BCUT2D eigenvalue weighted by Crippen LogP contribution is -2.40. The van der Waals surface area contributed by atoms with Gasteiger partial charge in [0.1, 0.15) is 11.5 Å². The van der Waals surface area contributed by atoms with E-state index in [0.29, 0.717) is 22.9 Å². The Bertz CT molecular complexity index is 881. The molecule has 146 valence electrons. The second-order valence-corrected chi connectivity index (χ2v) is 6.15. The second-order valence-electron chi connectivity index (χ2n) is 6.15. The van der Waals surface area contributed by atoms with Crippen molar-refractivity contribution < 1.29 is 28.6 Å². The highest BCUT2D eigenvalue weighted by Crippen LogP contribution is 2.29. The van der Waals surface area contributed by atoms with Crippen LogP contribution in [0.1, 0.15) is 13.3 Å². The normalized spacial score (nSPS) is 16.1. The largest absolute Gasteiger partial charge is 0.497 e. The number of ether oxygens (including phenoxy) is 3. The third-order valence-corrected chi connectivity index (χ3v) is 4.09. The zero-order valence-electron chi connectivity index (χ0n) is 15.4. The Balaban J connectivity index is 1.52. The first-order valence-corrected chi connectivity index (χ1v) is 8.67. The highest BCUT2D eigenvalue weighted by molar-refractivity contribution is 6.00. The molecule has 28 heavy (non-hydrogen) atoms. The van der Waals surface area contributed by atoms with Gasteiger partial charge in [0.15, 0.2) is 12.2 Å². The summed E-state index contributed by atoms with van der Waals surface area (Å²) in [5.74, 6) is -0.504. The van der Waals surface area contributed by atoms with Crippen LogP contribution in [0.2, 0.25) is 0 Å². The van der Waals surface area contributed by atoms with Crippen molar-refractivity contribution in [3.05, 3.63) is 48.5 Å². The van der Waals surface area contributed by atoms with E-state index in [1.165, 1.54) is 6.92 Å². The van der Waals surface area contributed by atoms with E-state index in [-0.39, 0.29) is 6.42 Å². The maximum atomic E-state index is 12.2. The molecule has 0 bridgehead atoms. The van der Waals surface area contributed by atoms with Crippen molar-refractivity contribution in [3.8, 4) is 11.5 Å². The topological polar surface area (TPSA) is 103 Å². The van der Waals surface area contributed by atoms with Crippen LogP contribution in [0.25, 0.3) is 0 Å². The van der Waals surface area contributed by atoms with Crippen molar-refractivity contribution in [3.63, 3.8) is 0 Å². The second kappa shape index (κ2) is 8.43. The van der Waals surface area contributed by atoms with Crippen molar-refractivity contribution in [1.82, 2.24) is 0 Å². The summed E-state index contributed by atoms with van der Waals surface area (Å²) in [6, 6.07) is 13.7. The van der Waals surface area contributed by atoms with Crippen LogP contribution in [0, 0.1) is 0 Å². The number of carbonyl (C=O) groups excluding carboxylic acids is 3. The van der Waals surface area contributed by atoms with Crippen molar-refractivity contribution >= 4 is 29.2 Å². The van der Waals surface area contributed by atoms with E-state index >= 15 is 0 Å². The Morgan fingerprint density at radius 3 is 2.61 bits per heavy atom. The average Bonchev–Trinajstić information content (AvgIpc) is 2.69. The Kier molecular flexibility index (Phi) is 5.78.